The van der Waals surface area contributed by atoms with Crippen LogP contribution in [0.2, 0.25) is 0 Å². The highest BCUT2D eigenvalue weighted by atomic mass is 19.1. The van der Waals surface area contributed by atoms with Crippen molar-refractivity contribution in [3.05, 3.63) is 59.7 Å². The van der Waals surface area contributed by atoms with Crippen LogP contribution in [-0.2, 0) is 6.42 Å². The Hall–Kier alpha value is -2.96. The van der Waals surface area contributed by atoms with E-state index in [1.165, 1.54) is 6.07 Å². The second-order valence-corrected chi connectivity index (χ2v) is 5.85. The largest absolute Gasteiger partial charge is 0.364 e. The molecule has 7 heteroatoms. The summed E-state index contributed by atoms with van der Waals surface area (Å²) in [6, 6.07) is 3.26. The smallest absolute Gasteiger partial charge is 0.258 e. The average molecular weight is 328 g/mol. The summed E-state index contributed by atoms with van der Waals surface area (Å²) < 4.78 is 28.7. The number of aromatic nitrogens is 3. The van der Waals surface area contributed by atoms with Crippen molar-refractivity contribution in [3.8, 4) is 11.4 Å². The van der Waals surface area contributed by atoms with Crippen LogP contribution in [-0.4, -0.2) is 20.4 Å². The summed E-state index contributed by atoms with van der Waals surface area (Å²) in [5.41, 5.74) is 1.96. The van der Waals surface area contributed by atoms with Crippen molar-refractivity contribution in [3.63, 3.8) is 0 Å². The summed E-state index contributed by atoms with van der Waals surface area (Å²) >= 11 is 0. The van der Waals surface area contributed by atoms with Crippen molar-refractivity contribution in [2.75, 3.05) is 5.32 Å². The molecule has 122 valence electrons. The Bertz CT molecular complexity index is 944. The SMILES string of the molecule is CC1Cc2[nH]cc(C(=O)Nc3ccc(F)cc3F)c2-c2nccn21. The van der Waals surface area contributed by atoms with Crippen molar-refractivity contribution in [2.24, 2.45) is 0 Å². The molecular weight excluding hydrogens is 314 g/mol. The number of hydrogen-bond acceptors (Lipinski definition) is 2. The number of anilines is 1. The molecule has 3 heterocycles. The standard InChI is InChI=1S/C17H14F2N4O/c1-9-6-14-15(16-20-4-5-23(9)16)11(8-21-14)17(24)22-13-3-2-10(18)7-12(13)19/h2-5,7-9,21H,6H2,1H3,(H,22,24). The lowest BCUT2D eigenvalue weighted by molar-refractivity contribution is 0.102. The number of amides is 1. The number of nitrogens with zero attached hydrogens (tertiary/aromatic N) is 2. The second-order valence-electron chi connectivity index (χ2n) is 5.85. The first-order valence-corrected chi connectivity index (χ1v) is 7.54. The fourth-order valence-electron chi connectivity index (χ4n) is 3.10. The molecule has 3 aromatic rings. The highest BCUT2D eigenvalue weighted by Gasteiger charge is 2.28. The van der Waals surface area contributed by atoms with Crippen LogP contribution in [0.1, 0.15) is 29.0 Å². The first kappa shape index (κ1) is 14.6. The fourth-order valence-corrected chi connectivity index (χ4v) is 3.10. The molecule has 5 nitrogen and oxygen atoms in total. The maximum Gasteiger partial charge on any atom is 0.258 e. The van der Waals surface area contributed by atoms with E-state index >= 15 is 0 Å². The van der Waals surface area contributed by atoms with E-state index in [0.29, 0.717) is 11.4 Å². The van der Waals surface area contributed by atoms with Crippen molar-refractivity contribution in [1.82, 2.24) is 14.5 Å². The van der Waals surface area contributed by atoms with Gasteiger partial charge in [0.15, 0.2) is 0 Å². The van der Waals surface area contributed by atoms with Gasteiger partial charge < -0.3 is 14.9 Å². The quantitative estimate of drug-likeness (QED) is 0.756. The summed E-state index contributed by atoms with van der Waals surface area (Å²) in [7, 11) is 0. The Kier molecular flexibility index (Phi) is 3.23. The van der Waals surface area contributed by atoms with Crippen LogP contribution in [0.3, 0.4) is 0 Å². The Morgan fingerprint density at radius 2 is 2.25 bits per heavy atom. The molecule has 24 heavy (non-hydrogen) atoms. The molecule has 0 aliphatic carbocycles. The Balaban J connectivity index is 1.71. The van der Waals surface area contributed by atoms with Gasteiger partial charge in [-0.1, -0.05) is 0 Å². The zero-order valence-corrected chi connectivity index (χ0v) is 12.8. The van der Waals surface area contributed by atoms with Crippen LogP contribution in [0.15, 0.2) is 36.8 Å². The molecule has 1 aliphatic rings. The number of nitrogens with one attached hydrogen (secondary N) is 2. The molecular formula is C17H14F2N4O. The van der Waals surface area contributed by atoms with Gasteiger partial charge in [0.05, 0.1) is 16.8 Å². The van der Waals surface area contributed by atoms with Crippen molar-refractivity contribution in [2.45, 2.75) is 19.4 Å². The number of fused-ring (bicyclic) bond motifs is 3. The number of carbonyl (C=O) groups excluding carboxylic acids is 1. The van der Waals surface area contributed by atoms with Gasteiger partial charge in [-0.25, -0.2) is 13.8 Å². The van der Waals surface area contributed by atoms with E-state index in [2.05, 4.69) is 22.2 Å². The number of carbonyl (C=O) groups is 1. The van der Waals surface area contributed by atoms with Crippen LogP contribution in [0.25, 0.3) is 11.4 Å². The highest BCUT2D eigenvalue weighted by molar-refractivity contribution is 6.08. The minimum absolute atomic E-state index is 0.0659. The molecule has 1 aromatic carbocycles. The van der Waals surface area contributed by atoms with Gasteiger partial charge in [0.25, 0.3) is 5.91 Å². The van der Waals surface area contributed by atoms with E-state index in [1.807, 2.05) is 10.8 Å². The summed E-state index contributed by atoms with van der Waals surface area (Å²) in [5.74, 6) is -1.28. The van der Waals surface area contributed by atoms with Crippen LogP contribution in [0.4, 0.5) is 14.5 Å². The Labute approximate surface area is 136 Å². The van der Waals surface area contributed by atoms with E-state index in [-0.39, 0.29) is 11.7 Å². The Morgan fingerprint density at radius 3 is 3.04 bits per heavy atom. The maximum atomic E-state index is 13.8. The summed E-state index contributed by atoms with van der Waals surface area (Å²) in [5, 5.41) is 2.49. The minimum atomic E-state index is -0.817. The molecule has 0 saturated heterocycles. The summed E-state index contributed by atoms with van der Waals surface area (Å²) in [6.45, 7) is 2.07. The number of rotatable bonds is 2. The van der Waals surface area contributed by atoms with E-state index < -0.39 is 17.5 Å². The third kappa shape index (κ3) is 2.20. The number of aromatic amines is 1. The van der Waals surface area contributed by atoms with Crippen molar-refractivity contribution >= 4 is 11.6 Å². The second kappa shape index (κ2) is 5.30. The van der Waals surface area contributed by atoms with Crippen LogP contribution >= 0.6 is 0 Å². The fraction of sp³-hybridized carbons (Fsp3) is 0.176. The molecule has 0 spiro atoms. The molecule has 2 aromatic heterocycles. The molecule has 0 bridgehead atoms. The number of H-pyrrole nitrogens is 1. The number of benzene rings is 1. The monoisotopic (exact) mass is 328 g/mol. The van der Waals surface area contributed by atoms with Crippen molar-refractivity contribution in [1.29, 1.82) is 0 Å². The number of halogens is 2. The third-order valence-electron chi connectivity index (χ3n) is 4.25. The van der Waals surface area contributed by atoms with E-state index in [4.69, 9.17) is 0 Å². The lowest BCUT2D eigenvalue weighted by atomic mass is 10.0. The molecule has 1 amide bonds. The predicted molar refractivity (Wildman–Crippen MR) is 84.7 cm³/mol. The zero-order chi connectivity index (χ0) is 16.8. The van der Waals surface area contributed by atoms with Gasteiger partial charge in [0.1, 0.15) is 17.5 Å². The van der Waals surface area contributed by atoms with Gasteiger partial charge in [-0.05, 0) is 19.1 Å². The van der Waals surface area contributed by atoms with E-state index in [0.717, 1.165) is 29.8 Å². The first-order chi connectivity index (χ1) is 11.5. The van der Waals surface area contributed by atoms with Gasteiger partial charge in [0, 0.05) is 42.8 Å². The maximum absolute atomic E-state index is 13.8. The molecule has 2 N–H and O–H groups in total. The zero-order valence-electron chi connectivity index (χ0n) is 12.8. The van der Waals surface area contributed by atoms with Gasteiger partial charge in [-0.3, -0.25) is 4.79 Å². The van der Waals surface area contributed by atoms with Crippen LogP contribution in [0, 0.1) is 11.6 Å². The van der Waals surface area contributed by atoms with Gasteiger partial charge in [0.2, 0.25) is 0 Å². The van der Waals surface area contributed by atoms with Crippen LogP contribution < -0.4 is 5.32 Å². The molecule has 1 aliphatic heterocycles. The molecule has 0 fully saturated rings. The lowest BCUT2D eigenvalue weighted by Crippen LogP contribution is -2.18. The molecule has 1 atom stereocenters. The van der Waals surface area contributed by atoms with Gasteiger partial charge >= 0.3 is 0 Å². The normalized spacial score (nSPS) is 15.7. The minimum Gasteiger partial charge on any atom is -0.364 e. The number of imidazole rings is 1. The predicted octanol–water partition coefficient (Wildman–Crippen LogP) is 3.53. The van der Waals surface area contributed by atoms with Gasteiger partial charge in [-0.15, -0.1) is 0 Å². The molecule has 0 saturated carbocycles. The molecule has 0 radical (unpaired) electrons. The molecule has 1 unspecified atom stereocenters. The third-order valence-corrected chi connectivity index (χ3v) is 4.25. The Morgan fingerprint density at radius 1 is 1.42 bits per heavy atom. The van der Waals surface area contributed by atoms with E-state index in [9.17, 15) is 13.6 Å². The topological polar surface area (TPSA) is 62.7 Å². The van der Waals surface area contributed by atoms with Crippen LogP contribution in [0.5, 0.6) is 0 Å². The van der Waals surface area contributed by atoms with Crippen molar-refractivity contribution < 1.29 is 13.6 Å². The summed E-state index contributed by atoms with van der Waals surface area (Å²) in [4.78, 5) is 20.0. The molecule has 4 rings (SSSR count). The average Bonchev–Trinajstić information content (AvgIpc) is 3.16. The first-order valence-electron chi connectivity index (χ1n) is 7.54. The number of hydrogen-bond donors (Lipinski definition) is 2. The highest BCUT2D eigenvalue weighted by Crippen LogP contribution is 2.35. The van der Waals surface area contributed by atoms with Gasteiger partial charge in [-0.2, -0.15) is 0 Å². The lowest BCUT2D eigenvalue weighted by Gasteiger charge is -2.22. The summed E-state index contributed by atoms with van der Waals surface area (Å²) in [6.07, 6.45) is 5.90. The van der Waals surface area contributed by atoms with E-state index in [1.54, 1.807) is 12.4 Å².